The van der Waals surface area contributed by atoms with Gasteiger partial charge in [0.25, 0.3) is 5.91 Å². The van der Waals surface area contributed by atoms with E-state index in [4.69, 9.17) is 0 Å². The van der Waals surface area contributed by atoms with Crippen LogP contribution in [0.25, 0.3) is 0 Å². The maximum atomic E-state index is 11.9. The molecule has 2 amide bonds. The Kier molecular flexibility index (Phi) is 4.47. The van der Waals surface area contributed by atoms with E-state index in [2.05, 4.69) is 15.6 Å². The number of amides is 2. The zero-order valence-electron chi connectivity index (χ0n) is 11.2. The Morgan fingerprint density at radius 3 is 2.70 bits per heavy atom. The van der Waals surface area contributed by atoms with Crippen LogP contribution in [-0.4, -0.2) is 22.8 Å². The summed E-state index contributed by atoms with van der Waals surface area (Å²) in [4.78, 5) is 28.4. The highest BCUT2D eigenvalue weighted by Gasteiger charge is 2.17. The van der Waals surface area contributed by atoms with Crippen LogP contribution in [0.1, 0.15) is 22.2 Å². The summed E-state index contributed by atoms with van der Waals surface area (Å²) in [5.74, 6) is -0.0800. The van der Waals surface area contributed by atoms with Crippen molar-refractivity contribution in [3.8, 4) is 0 Å². The third-order valence-electron chi connectivity index (χ3n) is 2.65. The van der Waals surface area contributed by atoms with Gasteiger partial charge in [-0.15, -0.1) is 11.3 Å². The van der Waals surface area contributed by atoms with Crippen LogP contribution in [-0.2, 0) is 4.79 Å². The van der Waals surface area contributed by atoms with Gasteiger partial charge in [0.15, 0.2) is 0 Å². The van der Waals surface area contributed by atoms with Crippen molar-refractivity contribution in [2.75, 3.05) is 5.32 Å². The minimum atomic E-state index is -0.632. The molecule has 2 rings (SSSR count). The lowest BCUT2D eigenvalue weighted by Crippen LogP contribution is -2.41. The molecular formula is C14H15N3O2S. The van der Waals surface area contributed by atoms with Gasteiger partial charge in [-0.05, 0) is 36.9 Å². The largest absolute Gasteiger partial charge is 0.340 e. The number of aryl methyl sites for hydroxylation is 1. The first-order valence-corrected chi connectivity index (χ1v) is 7.02. The molecule has 0 aliphatic carbocycles. The molecule has 0 bridgehead atoms. The first-order chi connectivity index (χ1) is 9.56. The Morgan fingerprint density at radius 1 is 1.30 bits per heavy atom. The molecule has 0 unspecified atom stereocenters. The summed E-state index contributed by atoms with van der Waals surface area (Å²) >= 11 is 1.33. The Balaban J connectivity index is 1.92. The van der Waals surface area contributed by atoms with Crippen LogP contribution in [0.15, 0.2) is 35.8 Å². The monoisotopic (exact) mass is 289 g/mol. The van der Waals surface area contributed by atoms with Gasteiger partial charge in [0.1, 0.15) is 11.9 Å². The molecule has 0 fully saturated rings. The van der Waals surface area contributed by atoms with E-state index in [0.717, 1.165) is 5.56 Å². The summed E-state index contributed by atoms with van der Waals surface area (Å²) < 4.78 is 0. The highest BCUT2D eigenvalue weighted by Crippen LogP contribution is 2.09. The maximum absolute atomic E-state index is 11.9. The van der Waals surface area contributed by atoms with Crippen LogP contribution in [0, 0.1) is 6.92 Å². The second-order valence-electron chi connectivity index (χ2n) is 4.38. The number of hydrogen-bond acceptors (Lipinski definition) is 4. The summed E-state index contributed by atoms with van der Waals surface area (Å²) in [5, 5.41) is 7.12. The molecule has 0 saturated carbocycles. The van der Waals surface area contributed by atoms with Crippen LogP contribution >= 0.6 is 11.3 Å². The molecule has 0 aliphatic rings. The van der Waals surface area contributed by atoms with E-state index in [1.807, 2.05) is 18.4 Å². The predicted molar refractivity (Wildman–Crippen MR) is 78.9 cm³/mol. The number of anilines is 1. The number of carbonyl (C=O) groups excluding carboxylic acids is 2. The van der Waals surface area contributed by atoms with Crippen LogP contribution in [0.3, 0.4) is 0 Å². The van der Waals surface area contributed by atoms with Crippen LogP contribution < -0.4 is 10.6 Å². The second kappa shape index (κ2) is 6.29. The van der Waals surface area contributed by atoms with E-state index in [-0.39, 0.29) is 11.8 Å². The summed E-state index contributed by atoms with van der Waals surface area (Å²) in [6, 6.07) is 6.46. The van der Waals surface area contributed by atoms with Gasteiger partial charge in [-0.1, -0.05) is 12.1 Å². The lowest BCUT2D eigenvalue weighted by atomic mass is 10.3. The number of nitrogens with zero attached hydrogens (tertiary/aromatic N) is 1. The van der Waals surface area contributed by atoms with Crippen molar-refractivity contribution in [3.63, 3.8) is 0 Å². The highest BCUT2D eigenvalue weighted by atomic mass is 32.1. The molecule has 2 N–H and O–H groups in total. The van der Waals surface area contributed by atoms with Gasteiger partial charge in [0, 0.05) is 6.20 Å². The summed E-state index contributed by atoms with van der Waals surface area (Å²) in [6.45, 7) is 3.55. The number of aromatic nitrogens is 1. The van der Waals surface area contributed by atoms with Gasteiger partial charge in [0.05, 0.1) is 4.88 Å². The van der Waals surface area contributed by atoms with Gasteiger partial charge in [0.2, 0.25) is 5.91 Å². The molecule has 2 heterocycles. The van der Waals surface area contributed by atoms with Crippen molar-refractivity contribution < 1.29 is 9.59 Å². The Labute approximate surface area is 121 Å². The molecule has 0 radical (unpaired) electrons. The third kappa shape index (κ3) is 3.64. The van der Waals surface area contributed by atoms with Crippen molar-refractivity contribution in [1.29, 1.82) is 0 Å². The molecule has 2 aromatic heterocycles. The zero-order valence-corrected chi connectivity index (χ0v) is 12.0. The normalized spacial score (nSPS) is 11.7. The van der Waals surface area contributed by atoms with Crippen molar-refractivity contribution >= 4 is 29.0 Å². The molecule has 1 atom stereocenters. The molecule has 5 nitrogen and oxygen atoms in total. The molecule has 0 spiro atoms. The van der Waals surface area contributed by atoms with E-state index in [9.17, 15) is 9.59 Å². The van der Waals surface area contributed by atoms with E-state index in [1.165, 1.54) is 11.3 Å². The van der Waals surface area contributed by atoms with E-state index >= 15 is 0 Å². The van der Waals surface area contributed by atoms with E-state index in [0.29, 0.717) is 10.7 Å². The average Bonchev–Trinajstić information content (AvgIpc) is 2.95. The van der Waals surface area contributed by atoms with Crippen LogP contribution in [0.4, 0.5) is 5.82 Å². The number of thiophene rings is 1. The fourth-order valence-electron chi connectivity index (χ4n) is 1.52. The number of nitrogens with one attached hydrogen (secondary N) is 2. The fraction of sp³-hybridized carbons (Fsp3) is 0.214. The standard InChI is InChI=1S/C14H15N3O2S/c1-9-5-6-12(15-8-9)17-13(18)10(2)16-14(19)11-4-3-7-20-11/h3-8,10H,1-2H3,(H,16,19)(H,15,17,18)/t10-/m0/s1. The summed E-state index contributed by atoms with van der Waals surface area (Å²) in [6.07, 6.45) is 1.67. The van der Waals surface area contributed by atoms with E-state index < -0.39 is 6.04 Å². The number of rotatable bonds is 4. The average molecular weight is 289 g/mol. The quantitative estimate of drug-likeness (QED) is 0.906. The Bertz CT molecular complexity index is 593. The first kappa shape index (κ1) is 14.2. The molecule has 104 valence electrons. The highest BCUT2D eigenvalue weighted by molar-refractivity contribution is 7.12. The lowest BCUT2D eigenvalue weighted by molar-refractivity contribution is -0.117. The number of hydrogen-bond donors (Lipinski definition) is 2. The van der Waals surface area contributed by atoms with Gasteiger partial charge in [-0.3, -0.25) is 9.59 Å². The van der Waals surface area contributed by atoms with Crippen molar-refractivity contribution in [1.82, 2.24) is 10.3 Å². The Morgan fingerprint density at radius 2 is 2.10 bits per heavy atom. The molecule has 20 heavy (non-hydrogen) atoms. The number of carbonyl (C=O) groups is 2. The van der Waals surface area contributed by atoms with Crippen molar-refractivity contribution in [3.05, 3.63) is 46.3 Å². The fourth-order valence-corrected chi connectivity index (χ4v) is 2.14. The molecule has 0 saturated heterocycles. The van der Waals surface area contributed by atoms with Gasteiger partial charge in [-0.2, -0.15) is 0 Å². The summed E-state index contributed by atoms with van der Waals surface area (Å²) in [5.41, 5.74) is 1.02. The topological polar surface area (TPSA) is 71.1 Å². The van der Waals surface area contributed by atoms with Crippen LogP contribution in [0.2, 0.25) is 0 Å². The first-order valence-electron chi connectivity index (χ1n) is 6.14. The molecule has 0 aromatic carbocycles. The van der Waals surface area contributed by atoms with Crippen molar-refractivity contribution in [2.24, 2.45) is 0 Å². The summed E-state index contributed by atoms with van der Waals surface area (Å²) in [7, 11) is 0. The third-order valence-corrected chi connectivity index (χ3v) is 3.52. The van der Waals surface area contributed by atoms with Crippen LogP contribution in [0.5, 0.6) is 0 Å². The zero-order chi connectivity index (χ0) is 14.5. The van der Waals surface area contributed by atoms with Gasteiger partial charge < -0.3 is 10.6 Å². The Hall–Kier alpha value is -2.21. The molecular weight excluding hydrogens is 274 g/mol. The van der Waals surface area contributed by atoms with Gasteiger partial charge >= 0.3 is 0 Å². The minimum absolute atomic E-state index is 0.250. The molecule has 2 aromatic rings. The predicted octanol–water partition coefficient (Wildman–Crippen LogP) is 2.21. The van der Waals surface area contributed by atoms with Crippen molar-refractivity contribution in [2.45, 2.75) is 19.9 Å². The van der Waals surface area contributed by atoms with E-state index in [1.54, 1.807) is 31.3 Å². The van der Waals surface area contributed by atoms with Gasteiger partial charge in [-0.25, -0.2) is 4.98 Å². The lowest BCUT2D eigenvalue weighted by Gasteiger charge is -2.13. The maximum Gasteiger partial charge on any atom is 0.261 e. The number of pyridine rings is 1. The molecule has 6 heteroatoms. The minimum Gasteiger partial charge on any atom is -0.340 e. The molecule has 0 aliphatic heterocycles. The smallest absolute Gasteiger partial charge is 0.261 e. The SMILES string of the molecule is Cc1ccc(NC(=O)[C@H](C)NC(=O)c2cccs2)nc1. The second-order valence-corrected chi connectivity index (χ2v) is 5.33.